The maximum Gasteiger partial charge on any atom is 0.244 e. The molecule has 0 atom stereocenters. The molecule has 1 heterocycles. The van der Waals surface area contributed by atoms with Gasteiger partial charge in [-0.05, 0) is 31.1 Å². The fraction of sp³-hybridized carbons (Fsp3) is 0.417. The van der Waals surface area contributed by atoms with Gasteiger partial charge in [0, 0.05) is 18.0 Å². The lowest BCUT2D eigenvalue weighted by Crippen LogP contribution is -2.30. The van der Waals surface area contributed by atoms with E-state index in [1.807, 2.05) is 0 Å². The number of nitrogens with one attached hydrogen (secondary N) is 1. The first-order valence-corrected chi connectivity index (χ1v) is 5.34. The van der Waals surface area contributed by atoms with E-state index in [4.69, 9.17) is 9.52 Å². The van der Waals surface area contributed by atoms with Gasteiger partial charge in [0.15, 0.2) is 0 Å². The standard InChI is InChI=1S/C12H15NO3/c14-9-12(5-6-12)8-13-11(15)4-3-10-2-1-7-16-10/h1-4,7,14H,5-6,8-9H2,(H,13,15)/b4-3+. The quantitative estimate of drug-likeness (QED) is 0.734. The number of rotatable bonds is 5. The number of hydrogen-bond acceptors (Lipinski definition) is 3. The number of carbonyl (C=O) groups is 1. The van der Waals surface area contributed by atoms with E-state index in [-0.39, 0.29) is 17.9 Å². The fourth-order valence-electron chi connectivity index (χ4n) is 1.45. The van der Waals surface area contributed by atoms with Crippen LogP contribution in [0.5, 0.6) is 0 Å². The summed E-state index contributed by atoms with van der Waals surface area (Å²) >= 11 is 0. The summed E-state index contributed by atoms with van der Waals surface area (Å²) in [7, 11) is 0. The van der Waals surface area contributed by atoms with Crippen molar-refractivity contribution in [3.63, 3.8) is 0 Å². The van der Waals surface area contributed by atoms with Crippen molar-refractivity contribution >= 4 is 12.0 Å². The number of aliphatic hydroxyl groups excluding tert-OH is 1. The maximum absolute atomic E-state index is 11.4. The second-order valence-corrected chi connectivity index (χ2v) is 4.22. The molecule has 4 heteroatoms. The molecule has 0 aliphatic heterocycles. The summed E-state index contributed by atoms with van der Waals surface area (Å²) in [6, 6.07) is 3.54. The summed E-state index contributed by atoms with van der Waals surface area (Å²) in [5.74, 6) is 0.495. The predicted molar refractivity (Wildman–Crippen MR) is 59.5 cm³/mol. The van der Waals surface area contributed by atoms with E-state index >= 15 is 0 Å². The molecule has 1 aromatic heterocycles. The Labute approximate surface area is 94.0 Å². The Morgan fingerprint density at radius 3 is 3.00 bits per heavy atom. The van der Waals surface area contributed by atoms with E-state index in [9.17, 15) is 4.79 Å². The molecule has 0 aromatic carbocycles. The van der Waals surface area contributed by atoms with Crippen molar-refractivity contribution in [1.82, 2.24) is 5.32 Å². The van der Waals surface area contributed by atoms with Crippen LogP contribution in [0.3, 0.4) is 0 Å². The van der Waals surface area contributed by atoms with Gasteiger partial charge in [-0.25, -0.2) is 0 Å². The molecular formula is C12H15NO3. The smallest absolute Gasteiger partial charge is 0.244 e. The van der Waals surface area contributed by atoms with E-state index in [1.54, 1.807) is 24.5 Å². The normalized spacial score (nSPS) is 17.6. The Morgan fingerprint density at radius 1 is 1.62 bits per heavy atom. The number of amides is 1. The van der Waals surface area contributed by atoms with Crippen LogP contribution in [0, 0.1) is 5.41 Å². The number of carbonyl (C=O) groups excluding carboxylic acids is 1. The van der Waals surface area contributed by atoms with Crippen molar-refractivity contribution < 1.29 is 14.3 Å². The molecule has 0 bridgehead atoms. The first-order chi connectivity index (χ1) is 7.74. The lowest BCUT2D eigenvalue weighted by molar-refractivity contribution is -0.116. The number of furan rings is 1. The fourth-order valence-corrected chi connectivity index (χ4v) is 1.45. The van der Waals surface area contributed by atoms with Crippen LogP contribution in [0.25, 0.3) is 6.08 Å². The van der Waals surface area contributed by atoms with Crippen molar-refractivity contribution in [2.75, 3.05) is 13.2 Å². The van der Waals surface area contributed by atoms with Gasteiger partial charge in [0.1, 0.15) is 5.76 Å². The van der Waals surface area contributed by atoms with E-state index in [0.717, 1.165) is 12.8 Å². The summed E-state index contributed by atoms with van der Waals surface area (Å²) < 4.78 is 5.06. The van der Waals surface area contributed by atoms with Crippen molar-refractivity contribution in [1.29, 1.82) is 0 Å². The van der Waals surface area contributed by atoms with E-state index in [1.165, 1.54) is 6.08 Å². The van der Waals surface area contributed by atoms with Gasteiger partial charge in [-0.15, -0.1) is 0 Å². The Kier molecular flexibility index (Phi) is 3.10. The first-order valence-electron chi connectivity index (χ1n) is 5.34. The lowest BCUT2D eigenvalue weighted by Gasteiger charge is -2.10. The molecular weight excluding hydrogens is 206 g/mol. The Morgan fingerprint density at radius 2 is 2.44 bits per heavy atom. The predicted octanol–water partition coefficient (Wildman–Crippen LogP) is 1.18. The summed E-state index contributed by atoms with van der Waals surface area (Å²) in [5.41, 5.74) is -0.0474. The largest absolute Gasteiger partial charge is 0.465 e. The van der Waals surface area contributed by atoms with E-state index in [2.05, 4.69) is 5.32 Å². The van der Waals surface area contributed by atoms with Gasteiger partial charge in [0.25, 0.3) is 0 Å². The number of aliphatic hydroxyl groups is 1. The molecule has 0 spiro atoms. The van der Waals surface area contributed by atoms with Gasteiger partial charge in [0.05, 0.1) is 12.9 Å². The minimum Gasteiger partial charge on any atom is -0.465 e. The van der Waals surface area contributed by atoms with E-state index in [0.29, 0.717) is 12.3 Å². The molecule has 4 nitrogen and oxygen atoms in total. The van der Waals surface area contributed by atoms with Crippen molar-refractivity contribution in [2.45, 2.75) is 12.8 Å². The molecule has 86 valence electrons. The van der Waals surface area contributed by atoms with Gasteiger partial charge in [-0.3, -0.25) is 4.79 Å². The van der Waals surface area contributed by atoms with Crippen LogP contribution in [0.2, 0.25) is 0 Å². The summed E-state index contributed by atoms with van der Waals surface area (Å²) in [6.07, 6.45) is 6.60. The maximum atomic E-state index is 11.4. The average Bonchev–Trinajstić information content (AvgIpc) is 2.90. The monoisotopic (exact) mass is 221 g/mol. The van der Waals surface area contributed by atoms with Crippen LogP contribution in [-0.2, 0) is 4.79 Å². The molecule has 1 fully saturated rings. The first kappa shape index (κ1) is 11.0. The second kappa shape index (κ2) is 4.53. The molecule has 1 saturated carbocycles. The van der Waals surface area contributed by atoms with Crippen LogP contribution < -0.4 is 5.32 Å². The van der Waals surface area contributed by atoms with Crippen LogP contribution in [-0.4, -0.2) is 24.2 Å². The van der Waals surface area contributed by atoms with Crippen molar-refractivity contribution in [2.24, 2.45) is 5.41 Å². The van der Waals surface area contributed by atoms with Crippen LogP contribution in [0.15, 0.2) is 28.9 Å². The van der Waals surface area contributed by atoms with Gasteiger partial charge in [-0.1, -0.05) is 0 Å². The third-order valence-electron chi connectivity index (χ3n) is 2.87. The third kappa shape index (κ3) is 2.73. The molecule has 0 unspecified atom stereocenters. The summed E-state index contributed by atoms with van der Waals surface area (Å²) in [6.45, 7) is 0.694. The molecule has 1 aromatic rings. The van der Waals surface area contributed by atoms with Gasteiger partial charge < -0.3 is 14.8 Å². The Bertz CT molecular complexity index is 377. The zero-order chi connectivity index (χ0) is 11.4. The van der Waals surface area contributed by atoms with Gasteiger partial charge >= 0.3 is 0 Å². The highest BCUT2D eigenvalue weighted by Crippen LogP contribution is 2.44. The highest BCUT2D eigenvalue weighted by atomic mass is 16.3. The Balaban J connectivity index is 1.76. The summed E-state index contributed by atoms with van der Waals surface area (Å²) in [4.78, 5) is 11.4. The zero-order valence-corrected chi connectivity index (χ0v) is 8.98. The molecule has 2 N–H and O–H groups in total. The molecule has 16 heavy (non-hydrogen) atoms. The topological polar surface area (TPSA) is 62.5 Å². The highest BCUT2D eigenvalue weighted by molar-refractivity contribution is 5.91. The molecule has 2 rings (SSSR count). The summed E-state index contributed by atoms with van der Waals surface area (Å²) in [5, 5.41) is 11.8. The minimum atomic E-state index is -0.156. The van der Waals surface area contributed by atoms with Gasteiger partial charge in [-0.2, -0.15) is 0 Å². The second-order valence-electron chi connectivity index (χ2n) is 4.22. The Hall–Kier alpha value is -1.55. The SMILES string of the molecule is O=C(/C=C/c1ccco1)NCC1(CO)CC1. The van der Waals surface area contributed by atoms with Crippen LogP contribution in [0.1, 0.15) is 18.6 Å². The highest BCUT2D eigenvalue weighted by Gasteiger charge is 2.41. The van der Waals surface area contributed by atoms with Crippen LogP contribution in [0.4, 0.5) is 0 Å². The van der Waals surface area contributed by atoms with Crippen molar-refractivity contribution in [3.8, 4) is 0 Å². The zero-order valence-electron chi connectivity index (χ0n) is 8.98. The molecule has 1 amide bonds. The van der Waals surface area contributed by atoms with Crippen molar-refractivity contribution in [3.05, 3.63) is 30.2 Å². The van der Waals surface area contributed by atoms with Crippen LogP contribution >= 0.6 is 0 Å². The number of hydrogen-bond donors (Lipinski definition) is 2. The average molecular weight is 221 g/mol. The minimum absolute atomic E-state index is 0.0474. The van der Waals surface area contributed by atoms with Gasteiger partial charge in [0.2, 0.25) is 5.91 Å². The molecule has 0 radical (unpaired) electrons. The molecule has 0 saturated heterocycles. The van der Waals surface area contributed by atoms with E-state index < -0.39 is 0 Å². The molecule has 1 aliphatic rings. The third-order valence-corrected chi connectivity index (χ3v) is 2.87. The lowest BCUT2D eigenvalue weighted by atomic mass is 10.1. The molecule has 1 aliphatic carbocycles.